The standard InChI is InChI=1S/C7H5Br2NO.BrH/c8-3-7(11)5-1-2-10-4-6(5)9;/h1-2,4H,3H2;1H. The minimum absolute atomic E-state index is 0. The minimum atomic E-state index is 0. The number of Topliss-reactive ketones (excluding diaryl/α,β-unsaturated/α-hetero) is 1. The van der Waals surface area contributed by atoms with Crippen LogP contribution in [-0.4, -0.2) is 16.1 Å². The molecule has 1 rings (SSSR count). The Balaban J connectivity index is 0.00000121. The van der Waals surface area contributed by atoms with E-state index in [9.17, 15) is 4.79 Å². The van der Waals surface area contributed by atoms with Crippen LogP contribution in [0.1, 0.15) is 10.4 Å². The van der Waals surface area contributed by atoms with E-state index in [0.29, 0.717) is 10.9 Å². The number of carbonyl (C=O) groups excluding carboxylic acids is 1. The van der Waals surface area contributed by atoms with E-state index < -0.39 is 0 Å². The Morgan fingerprint density at radius 3 is 2.75 bits per heavy atom. The van der Waals surface area contributed by atoms with Gasteiger partial charge in [-0.15, -0.1) is 17.0 Å². The first-order valence-electron chi connectivity index (χ1n) is 2.94. The third-order valence-electron chi connectivity index (χ3n) is 1.19. The lowest BCUT2D eigenvalue weighted by Crippen LogP contribution is -2.00. The van der Waals surface area contributed by atoms with E-state index in [-0.39, 0.29) is 22.8 Å². The summed E-state index contributed by atoms with van der Waals surface area (Å²) < 4.78 is 0.740. The van der Waals surface area contributed by atoms with Crippen molar-refractivity contribution >= 4 is 54.6 Å². The molecule has 0 radical (unpaired) electrons. The van der Waals surface area contributed by atoms with Crippen molar-refractivity contribution < 1.29 is 4.79 Å². The number of carbonyl (C=O) groups is 1. The number of hydrogen-bond donors (Lipinski definition) is 0. The van der Waals surface area contributed by atoms with Crippen LogP contribution in [0.4, 0.5) is 0 Å². The van der Waals surface area contributed by atoms with Crippen LogP contribution < -0.4 is 0 Å². The van der Waals surface area contributed by atoms with E-state index >= 15 is 0 Å². The molecule has 0 amide bonds. The topological polar surface area (TPSA) is 30.0 Å². The molecule has 66 valence electrons. The second-order valence-corrected chi connectivity index (χ2v) is 3.33. The molecule has 0 saturated carbocycles. The highest BCUT2D eigenvalue weighted by Gasteiger charge is 2.06. The number of pyridine rings is 1. The zero-order valence-corrected chi connectivity index (χ0v) is 10.8. The third kappa shape index (κ3) is 2.95. The highest BCUT2D eigenvalue weighted by molar-refractivity contribution is 9.10. The Kier molecular flexibility index (Phi) is 5.96. The summed E-state index contributed by atoms with van der Waals surface area (Å²) in [6.07, 6.45) is 3.20. The fraction of sp³-hybridized carbons (Fsp3) is 0.143. The van der Waals surface area contributed by atoms with Gasteiger partial charge in [0.15, 0.2) is 5.78 Å². The smallest absolute Gasteiger partial charge is 0.174 e. The Morgan fingerprint density at radius 1 is 1.58 bits per heavy atom. The van der Waals surface area contributed by atoms with Crippen molar-refractivity contribution in [1.82, 2.24) is 4.98 Å². The van der Waals surface area contributed by atoms with Gasteiger partial charge in [-0.05, 0) is 22.0 Å². The summed E-state index contributed by atoms with van der Waals surface area (Å²) in [6.45, 7) is 0. The second-order valence-electron chi connectivity index (χ2n) is 1.91. The first-order valence-corrected chi connectivity index (χ1v) is 4.86. The van der Waals surface area contributed by atoms with Gasteiger partial charge in [0.05, 0.1) is 5.33 Å². The number of hydrogen-bond acceptors (Lipinski definition) is 2. The quantitative estimate of drug-likeness (QED) is 0.600. The van der Waals surface area contributed by atoms with Gasteiger partial charge >= 0.3 is 0 Å². The van der Waals surface area contributed by atoms with Gasteiger partial charge in [0, 0.05) is 22.4 Å². The molecule has 2 nitrogen and oxygen atoms in total. The molecule has 0 N–H and O–H groups in total. The zero-order valence-electron chi connectivity index (χ0n) is 5.96. The highest BCUT2D eigenvalue weighted by Crippen LogP contribution is 2.15. The SMILES string of the molecule is Br.O=C(CBr)c1ccncc1Br. The number of nitrogens with zero attached hydrogens (tertiary/aromatic N) is 1. The van der Waals surface area contributed by atoms with E-state index in [1.165, 1.54) is 0 Å². The molecule has 0 unspecified atom stereocenters. The summed E-state index contributed by atoms with van der Waals surface area (Å²) >= 11 is 6.33. The lowest BCUT2D eigenvalue weighted by Gasteiger charge is -1.97. The molecule has 0 bridgehead atoms. The summed E-state index contributed by atoms with van der Waals surface area (Å²) in [7, 11) is 0. The Morgan fingerprint density at radius 2 is 2.25 bits per heavy atom. The van der Waals surface area contributed by atoms with Crippen LogP contribution in [0.15, 0.2) is 22.9 Å². The predicted octanol–water partition coefficient (Wildman–Crippen LogP) is 3.00. The Labute approximate surface area is 97.8 Å². The van der Waals surface area contributed by atoms with Crippen molar-refractivity contribution in [3.05, 3.63) is 28.5 Å². The maximum Gasteiger partial charge on any atom is 0.174 e. The van der Waals surface area contributed by atoms with Crippen molar-refractivity contribution in [1.29, 1.82) is 0 Å². The van der Waals surface area contributed by atoms with E-state index in [4.69, 9.17) is 0 Å². The fourth-order valence-electron chi connectivity index (χ4n) is 0.673. The lowest BCUT2D eigenvalue weighted by molar-refractivity contribution is 0.102. The molecule has 0 aliphatic heterocycles. The Bertz CT molecular complexity index is 277. The molecular formula is C7H6Br3NO. The maximum atomic E-state index is 11.1. The first-order chi connectivity index (χ1) is 5.25. The molecule has 0 aliphatic carbocycles. The monoisotopic (exact) mass is 357 g/mol. The summed E-state index contributed by atoms with van der Waals surface area (Å²) in [6, 6.07) is 1.69. The van der Waals surface area contributed by atoms with E-state index in [2.05, 4.69) is 36.8 Å². The van der Waals surface area contributed by atoms with Crippen molar-refractivity contribution in [2.75, 3.05) is 5.33 Å². The largest absolute Gasteiger partial charge is 0.293 e. The van der Waals surface area contributed by atoms with Crippen LogP contribution in [0.5, 0.6) is 0 Å². The van der Waals surface area contributed by atoms with Crippen LogP contribution in [0.25, 0.3) is 0 Å². The van der Waals surface area contributed by atoms with Gasteiger partial charge in [-0.2, -0.15) is 0 Å². The molecule has 1 aromatic heterocycles. The number of alkyl halides is 1. The number of rotatable bonds is 2. The summed E-state index contributed by atoms with van der Waals surface area (Å²) in [5.41, 5.74) is 0.664. The zero-order chi connectivity index (χ0) is 8.27. The maximum absolute atomic E-state index is 11.1. The lowest BCUT2D eigenvalue weighted by atomic mass is 10.2. The Hall–Kier alpha value is 0.260. The van der Waals surface area contributed by atoms with Crippen LogP contribution in [0, 0.1) is 0 Å². The first kappa shape index (κ1) is 12.3. The highest BCUT2D eigenvalue weighted by atomic mass is 79.9. The number of ketones is 1. The molecule has 1 heterocycles. The molecule has 1 aromatic rings. The normalized spacial score (nSPS) is 8.83. The van der Waals surface area contributed by atoms with Crippen LogP contribution in [0.2, 0.25) is 0 Å². The average molecular weight is 360 g/mol. The molecule has 0 saturated heterocycles. The number of halogens is 3. The van der Waals surface area contributed by atoms with Crippen molar-refractivity contribution in [2.24, 2.45) is 0 Å². The van der Waals surface area contributed by atoms with Gasteiger partial charge in [-0.3, -0.25) is 9.78 Å². The fourth-order valence-corrected chi connectivity index (χ4v) is 1.45. The molecular weight excluding hydrogens is 354 g/mol. The van der Waals surface area contributed by atoms with Crippen LogP contribution in [-0.2, 0) is 0 Å². The van der Waals surface area contributed by atoms with Crippen molar-refractivity contribution in [2.45, 2.75) is 0 Å². The minimum Gasteiger partial charge on any atom is -0.293 e. The number of aromatic nitrogens is 1. The molecule has 0 aliphatic rings. The van der Waals surface area contributed by atoms with E-state index in [1.54, 1.807) is 18.5 Å². The molecule has 5 heteroatoms. The average Bonchev–Trinajstić information content (AvgIpc) is 2.04. The van der Waals surface area contributed by atoms with Crippen molar-refractivity contribution in [3.63, 3.8) is 0 Å². The molecule has 0 atom stereocenters. The van der Waals surface area contributed by atoms with Crippen LogP contribution in [0.3, 0.4) is 0 Å². The van der Waals surface area contributed by atoms with Gasteiger partial charge < -0.3 is 0 Å². The van der Waals surface area contributed by atoms with E-state index in [0.717, 1.165) is 4.47 Å². The summed E-state index contributed by atoms with van der Waals surface area (Å²) in [5, 5.41) is 0.343. The predicted molar refractivity (Wildman–Crippen MR) is 60.4 cm³/mol. The molecule has 0 aromatic carbocycles. The van der Waals surface area contributed by atoms with Gasteiger partial charge in [-0.1, -0.05) is 15.9 Å². The summed E-state index contributed by atoms with van der Waals surface area (Å²) in [5.74, 6) is 0.0549. The molecule has 0 fully saturated rings. The van der Waals surface area contributed by atoms with Crippen LogP contribution >= 0.6 is 48.8 Å². The van der Waals surface area contributed by atoms with Crippen molar-refractivity contribution in [3.8, 4) is 0 Å². The van der Waals surface area contributed by atoms with Gasteiger partial charge in [0.1, 0.15) is 0 Å². The molecule has 0 spiro atoms. The van der Waals surface area contributed by atoms with E-state index in [1.807, 2.05) is 0 Å². The molecule has 12 heavy (non-hydrogen) atoms. The summed E-state index contributed by atoms with van der Waals surface area (Å²) in [4.78, 5) is 15.0. The second kappa shape index (κ2) is 5.83. The third-order valence-corrected chi connectivity index (χ3v) is 2.34. The van der Waals surface area contributed by atoms with Gasteiger partial charge in [0.2, 0.25) is 0 Å². The van der Waals surface area contributed by atoms with Gasteiger partial charge in [0.25, 0.3) is 0 Å². The van der Waals surface area contributed by atoms with Gasteiger partial charge in [-0.25, -0.2) is 0 Å².